The molecule has 0 spiro atoms. The number of carbonyl (C=O) groups excluding carboxylic acids is 2. The fourth-order valence-corrected chi connectivity index (χ4v) is 6.48. The highest BCUT2D eigenvalue weighted by molar-refractivity contribution is 8.26. The zero-order valence-electron chi connectivity index (χ0n) is 13.3. The highest BCUT2D eigenvalue weighted by Gasteiger charge is 2.39. The Balaban J connectivity index is 1.69. The fourth-order valence-electron chi connectivity index (χ4n) is 2.66. The zero-order chi connectivity index (χ0) is 18.2. The fraction of sp³-hybridized carbons (Fsp3) is 0.400. The summed E-state index contributed by atoms with van der Waals surface area (Å²) in [7, 11) is -3.08. The summed E-state index contributed by atoms with van der Waals surface area (Å²) < 4.78 is 23.3. The van der Waals surface area contributed by atoms with Crippen LogP contribution >= 0.6 is 35.3 Å². The molecular weight excluding hydrogens is 400 g/mol. The van der Waals surface area contributed by atoms with E-state index in [9.17, 15) is 18.0 Å². The van der Waals surface area contributed by atoms with Crippen molar-refractivity contribution in [3.63, 3.8) is 0 Å². The van der Waals surface area contributed by atoms with Crippen LogP contribution in [0.15, 0.2) is 22.4 Å². The van der Waals surface area contributed by atoms with Gasteiger partial charge >= 0.3 is 0 Å². The van der Waals surface area contributed by atoms with Gasteiger partial charge in [-0.15, -0.1) is 11.3 Å². The molecule has 2 aliphatic rings. The first kappa shape index (κ1) is 18.6. The number of nitrogens with one attached hydrogen (secondary N) is 1. The third kappa shape index (κ3) is 4.13. The van der Waals surface area contributed by atoms with Crippen LogP contribution in [-0.2, 0) is 19.4 Å². The van der Waals surface area contributed by atoms with Gasteiger partial charge in [0.15, 0.2) is 9.84 Å². The van der Waals surface area contributed by atoms with E-state index in [1.54, 1.807) is 13.0 Å². The lowest BCUT2D eigenvalue weighted by molar-refractivity contribution is -0.132. The van der Waals surface area contributed by atoms with Crippen molar-refractivity contribution in [2.75, 3.05) is 11.5 Å². The van der Waals surface area contributed by atoms with Gasteiger partial charge in [0.25, 0.3) is 5.91 Å². The van der Waals surface area contributed by atoms with Crippen LogP contribution in [0.4, 0.5) is 0 Å². The van der Waals surface area contributed by atoms with Gasteiger partial charge in [0.05, 0.1) is 16.4 Å². The van der Waals surface area contributed by atoms with Crippen LogP contribution in [0.1, 0.15) is 18.2 Å². The predicted octanol–water partition coefficient (Wildman–Crippen LogP) is 1.64. The number of thiocarbonyl (C=S) groups is 1. The molecule has 0 saturated carbocycles. The molecule has 1 aromatic heterocycles. The van der Waals surface area contributed by atoms with Gasteiger partial charge in [-0.05, 0) is 30.9 Å². The molecule has 0 unspecified atom stereocenters. The Morgan fingerprint density at radius 1 is 1.52 bits per heavy atom. The highest BCUT2D eigenvalue weighted by atomic mass is 32.2. The molecule has 10 heteroatoms. The first-order valence-corrected chi connectivity index (χ1v) is 11.5. The minimum atomic E-state index is -3.08. The molecule has 2 aliphatic heterocycles. The van der Waals surface area contributed by atoms with Crippen LogP contribution in [-0.4, -0.2) is 53.0 Å². The van der Waals surface area contributed by atoms with Crippen LogP contribution in [0.2, 0.25) is 0 Å². The van der Waals surface area contributed by atoms with Crippen LogP contribution in [0.5, 0.6) is 0 Å². The van der Waals surface area contributed by atoms with Crippen LogP contribution in [0, 0.1) is 0 Å². The molecule has 6 nitrogen and oxygen atoms in total. The standard InChI is InChI=1S/C15H16N2O4S4/c1-9(13(18)16-10-4-6-25(20,21)8-10)17-14(19)12(24-15(17)22)7-11-3-2-5-23-11/h2-3,5,7,9-10H,4,6,8H2,1H3,(H,16,18)/b12-7-/t9-,10+/m0/s1. The van der Waals surface area contributed by atoms with Crippen LogP contribution in [0.25, 0.3) is 6.08 Å². The van der Waals surface area contributed by atoms with E-state index in [-0.39, 0.29) is 17.4 Å². The molecule has 2 saturated heterocycles. The third-order valence-corrected chi connectivity index (χ3v) is 7.90. The second-order valence-electron chi connectivity index (χ2n) is 5.85. The second-order valence-corrected chi connectivity index (χ2v) is 10.7. The van der Waals surface area contributed by atoms with Crippen molar-refractivity contribution in [2.45, 2.75) is 25.4 Å². The molecule has 3 rings (SSSR count). The Kier molecular flexibility index (Phi) is 5.33. The summed E-state index contributed by atoms with van der Waals surface area (Å²) in [6.45, 7) is 1.59. The van der Waals surface area contributed by atoms with Crippen molar-refractivity contribution in [2.24, 2.45) is 0 Å². The van der Waals surface area contributed by atoms with E-state index in [4.69, 9.17) is 12.2 Å². The molecule has 0 bridgehead atoms. The lowest BCUT2D eigenvalue weighted by Crippen LogP contribution is -2.50. The number of rotatable bonds is 4. The number of thioether (sulfide) groups is 1. The molecule has 1 N–H and O–H groups in total. The number of amides is 2. The van der Waals surface area contributed by atoms with E-state index < -0.39 is 27.8 Å². The summed E-state index contributed by atoms with van der Waals surface area (Å²) >= 11 is 7.94. The van der Waals surface area contributed by atoms with Gasteiger partial charge in [0.2, 0.25) is 5.91 Å². The van der Waals surface area contributed by atoms with Crippen LogP contribution < -0.4 is 5.32 Å². The van der Waals surface area contributed by atoms with E-state index in [1.165, 1.54) is 28.0 Å². The SMILES string of the molecule is C[C@@H](C(=O)N[C@@H]1CCS(=O)(=O)C1)N1C(=O)/C(=C/c2cccs2)SC1=S. The minimum Gasteiger partial charge on any atom is -0.351 e. The molecule has 3 heterocycles. The van der Waals surface area contributed by atoms with Gasteiger partial charge in [-0.2, -0.15) is 0 Å². The monoisotopic (exact) mass is 416 g/mol. The summed E-state index contributed by atoms with van der Waals surface area (Å²) in [6, 6.07) is 2.60. The summed E-state index contributed by atoms with van der Waals surface area (Å²) in [5, 5.41) is 4.63. The highest BCUT2D eigenvalue weighted by Crippen LogP contribution is 2.34. The zero-order valence-corrected chi connectivity index (χ0v) is 16.6. The molecular formula is C15H16N2O4S4. The van der Waals surface area contributed by atoms with Gasteiger partial charge in [-0.25, -0.2) is 8.42 Å². The second kappa shape index (κ2) is 7.18. The molecule has 134 valence electrons. The Bertz CT molecular complexity index is 845. The molecule has 2 amide bonds. The third-order valence-electron chi connectivity index (χ3n) is 3.99. The molecule has 0 aromatic carbocycles. The molecule has 0 radical (unpaired) electrons. The van der Waals surface area contributed by atoms with Gasteiger partial charge in [-0.1, -0.05) is 30.0 Å². The normalized spacial score (nSPS) is 25.6. The maximum atomic E-state index is 12.6. The lowest BCUT2D eigenvalue weighted by atomic mass is 10.2. The van der Waals surface area contributed by atoms with Crippen molar-refractivity contribution in [3.05, 3.63) is 27.3 Å². The molecule has 0 aliphatic carbocycles. The number of sulfone groups is 1. The first-order chi connectivity index (χ1) is 11.8. The summed E-state index contributed by atoms with van der Waals surface area (Å²) in [6.07, 6.45) is 2.16. The minimum absolute atomic E-state index is 0.0534. The van der Waals surface area contributed by atoms with E-state index in [1.807, 2.05) is 17.5 Å². The molecule has 1 aromatic rings. The average Bonchev–Trinajstić information content (AvgIpc) is 3.21. The van der Waals surface area contributed by atoms with Gasteiger partial charge in [0, 0.05) is 10.9 Å². The summed E-state index contributed by atoms with van der Waals surface area (Å²) in [4.78, 5) is 27.7. The van der Waals surface area contributed by atoms with Crippen molar-refractivity contribution >= 4 is 67.4 Å². The number of carbonyl (C=O) groups is 2. The lowest BCUT2D eigenvalue weighted by Gasteiger charge is -2.23. The van der Waals surface area contributed by atoms with Gasteiger partial charge in [0.1, 0.15) is 10.4 Å². The first-order valence-electron chi connectivity index (χ1n) is 7.58. The largest absolute Gasteiger partial charge is 0.351 e. The Morgan fingerprint density at radius 2 is 2.28 bits per heavy atom. The Labute approximate surface area is 159 Å². The summed E-state index contributed by atoms with van der Waals surface area (Å²) in [5.74, 6) is -0.667. The summed E-state index contributed by atoms with van der Waals surface area (Å²) in [5.41, 5.74) is 0. The topological polar surface area (TPSA) is 83.6 Å². The smallest absolute Gasteiger partial charge is 0.266 e. The van der Waals surface area contributed by atoms with Crippen molar-refractivity contribution < 1.29 is 18.0 Å². The quantitative estimate of drug-likeness (QED) is 0.593. The van der Waals surface area contributed by atoms with Crippen LogP contribution in [0.3, 0.4) is 0 Å². The Morgan fingerprint density at radius 3 is 2.88 bits per heavy atom. The average molecular weight is 417 g/mol. The Hall–Kier alpha value is -1.23. The number of thiophene rings is 1. The number of nitrogens with zero attached hydrogens (tertiary/aromatic N) is 1. The van der Waals surface area contributed by atoms with Gasteiger partial charge < -0.3 is 5.32 Å². The van der Waals surface area contributed by atoms with Crippen molar-refractivity contribution in [3.8, 4) is 0 Å². The van der Waals surface area contributed by atoms with E-state index in [2.05, 4.69) is 5.32 Å². The number of hydrogen-bond acceptors (Lipinski definition) is 7. The molecule has 25 heavy (non-hydrogen) atoms. The van der Waals surface area contributed by atoms with E-state index in [0.717, 1.165) is 4.88 Å². The van der Waals surface area contributed by atoms with E-state index in [0.29, 0.717) is 15.6 Å². The van der Waals surface area contributed by atoms with Gasteiger partial charge in [-0.3, -0.25) is 14.5 Å². The van der Waals surface area contributed by atoms with E-state index >= 15 is 0 Å². The maximum Gasteiger partial charge on any atom is 0.266 e. The predicted molar refractivity (Wildman–Crippen MR) is 104 cm³/mol. The molecule has 2 fully saturated rings. The maximum absolute atomic E-state index is 12.6. The van der Waals surface area contributed by atoms with Crippen molar-refractivity contribution in [1.29, 1.82) is 0 Å². The number of hydrogen-bond donors (Lipinski definition) is 1. The van der Waals surface area contributed by atoms with Crippen molar-refractivity contribution in [1.82, 2.24) is 10.2 Å². The molecule has 2 atom stereocenters.